The highest BCUT2D eigenvalue weighted by Gasteiger charge is 2.09. The Morgan fingerprint density at radius 3 is 2.70 bits per heavy atom. The van der Waals surface area contributed by atoms with Gasteiger partial charge in [-0.1, -0.05) is 12.1 Å². The molecule has 0 aliphatic carbocycles. The van der Waals surface area contributed by atoms with Gasteiger partial charge in [0.1, 0.15) is 5.82 Å². The summed E-state index contributed by atoms with van der Waals surface area (Å²) in [6.07, 6.45) is 0. The number of halogens is 2. The SMILES string of the molecule is O=c1c2ccccc2[nH]c(=S)n1-c1ccc(Br)c(F)c1. The molecule has 0 atom stereocenters. The molecule has 0 aliphatic heterocycles. The number of fused-ring (bicyclic) bond motifs is 1. The molecule has 0 bridgehead atoms. The predicted molar refractivity (Wildman–Crippen MR) is 82.4 cm³/mol. The Kier molecular flexibility index (Phi) is 3.27. The minimum Gasteiger partial charge on any atom is -0.331 e. The van der Waals surface area contributed by atoms with Crippen molar-refractivity contribution in [1.29, 1.82) is 0 Å². The Morgan fingerprint density at radius 2 is 1.95 bits per heavy atom. The van der Waals surface area contributed by atoms with Crippen LogP contribution in [0.2, 0.25) is 0 Å². The summed E-state index contributed by atoms with van der Waals surface area (Å²) in [5.41, 5.74) is 0.783. The van der Waals surface area contributed by atoms with Crippen molar-refractivity contribution in [2.75, 3.05) is 0 Å². The lowest BCUT2D eigenvalue weighted by Crippen LogP contribution is -2.20. The molecule has 6 heteroatoms. The minimum atomic E-state index is -0.447. The molecular formula is C14H8BrFN2OS. The van der Waals surface area contributed by atoms with Crippen molar-refractivity contribution < 1.29 is 4.39 Å². The van der Waals surface area contributed by atoms with Gasteiger partial charge in [-0.2, -0.15) is 0 Å². The number of nitrogens with one attached hydrogen (secondary N) is 1. The van der Waals surface area contributed by atoms with E-state index in [4.69, 9.17) is 12.2 Å². The van der Waals surface area contributed by atoms with Crippen LogP contribution in [-0.2, 0) is 0 Å². The number of aromatic nitrogens is 2. The lowest BCUT2D eigenvalue weighted by atomic mass is 10.2. The average molecular weight is 351 g/mol. The van der Waals surface area contributed by atoms with Crippen molar-refractivity contribution >= 4 is 39.1 Å². The van der Waals surface area contributed by atoms with Crippen LogP contribution in [0.25, 0.3) is 16.6 Å². The minimum absolute atomic E-state index is 0.232. The van der Waals surface area contributed by atoms with Gasteiger partial charge in [-0.3, -0.25) is 9.36 Å². The Bertz CT molecular complexity index is 932. The van der Waals surface area contributed by atoms with E-state index in [0.717, 1.165) is 0 Å². The first-order valence-electron chi connectivity index (χ1n) is 5.77. The van der Waals surface area contributed by atoms with Gasteiger partial charge in [0.2, 0.25) is 0 Å². The highest BCUT2D eigenvalue weighted by atomic mass is 79.9. The fourth-order valence-electron chi connectivity index (χ4n) is 2.02. The Morgan fingerprint density at radius 1 is 1.20 bits per heavy atom. The largest absolute Gasteiger partial charge is 0.331 e. The van der Waals surface area contributed by atoms with E-state index in [9.17, 15) is 9.18 Å². The smallest absolute Gasteiger partial charge is 0.266 e. The lowest BCUT2D eigenvalue weighted by molar-refractivity contribution is 0.619. The zero-order chi connectivity index (χ0) is 14.3. The fourth-order valence-corrected chi connectivity index (χ4v) is 2.57. The van der Waals surface area contributed by atoms with Crippen LogP contribution in [0.4, 0.5) is 4.39 Å². The van der Waals surface area contributed by atoms with Gasteiger partial charge in [-0.15, -0.1) is 0 Å². The summed E-state index contributed by atoms with van der Waals surface area (Å²) in [5, 5.41) is 0.504. The third-order valence-corrected chi connectivity index (χ3v) is 3.89. The van der Waals surface area contributed by atoms with E-state index in [1.54, 1.807) is 30.3 Å². The zero-order valence-corrected chi connectivity index (χ0v) is 12.5. The molecule has 1 N–H and O–H groups in total. The molecule has 0 aliphatic rings. The van der Waals surface area contributed by atoms with Gasteiger partial charge in [-0.05, 0) is 58.5 Å². The van der Waals surface area contributed by atoms with Crippen LogP contribution in [0.5, 0.6) is 0 Å². The molecule has 100 valence electrons. The number of H-pyrrole nitrogens is 1. The summed E-state index contributed by atoms with van der Waals surface area (Å²) >= 11 is 8.28. The first-order valence-corrected chi connectivity index (χ1v) is 6.97. The summed E-state index contributed by atoms with van der Waals surface area (Å²) in [7, 11) is 0. The highest BCUT2D eigenvalue weighted by Crippen LogP contribution is 2.19. The first-order chi connectivity index (χ1) is 9.58. The number of rotatable bonds is 1. The van der Waals surface area contributed by atoms with Crippen LogP contribution in [-0.4, -0.2) is 9.55 Å². The fraction of sp³-hybridized carbons (Fsp3) is 0. The van der Waals surface area contributed by atoms with Gasteiger partial charge in [-0.25, -0.2) is 4.39 Å². The molecule has 0 radical (unpaired) electrons. The number of hydrogen-bond acceptors (Lipinski definition) is 2. The summed E-state index contributed by atoms with van der Waals surface area (Å²) < 4.78 is 15.5. The Balaban J connectivity index is 2.39. The average Bonchev–Trinajstić information content (AvgIpc) is 2.43. The summed E-state index contributed by atoms with van der Waals surface area (Å²) in [4.78, 5) is 15.5. The molecule has 20 heavy (non-hydrogen) atoms. The van der Waals surface area contributed by atoms with Crippen molar-refractivity contribution in [3.63, 3.8) is 0 Å². The van der Waals surface area contributed by atoms with Crippen molar-refractivity contribution in [2.24, 2.45) is 0 Å². The van der Waals surface area contributed by atoms with Crippen LogP contribution in [0.3, 0.4) is 0 Å². The van der Waals surface area contributed by atoms with Crippen LogP contribution < -0.4 is 5.56 Å². The number of para-hydroxylation sites is 1. The van der Waals surface area contributed by atoms with Crippen LogP contribution in [0, 0.1) is 10.6 Å². The number of nitrogens with zero attached hydrogens (tertiary/aromatic N) is 1. The van der Waals surface area contributed by atoms with E-state index in [2.05, 4.69) is 20.9 Å². The van der Waals surface area contributed by atoms with Crippen LogP contribution in [0.1, 0.15) is 0 Å². The van der Waals surface area contributed by atoms with Gasteiger partial charge in [0, 0.05) is 0 Å². The topological polar surface area (TPSA) is 37.8 Å². The summed E-state index contributed by atoms with van der Waals surface area (Å²) in [6.45, 7) is 0. The number of aromatic amines is 1. The molecule has 0 saturated heterocycles. The van der Waals surface area contributed by atoms with E-state index in [1.807, 2.05) is 6.07 Å². The van der Waals surface area contributed by atoms with Crippen molar-refractivity contribution in [2.45, 2.75) is 0 Å². The zero-order valence-electron chi connectivity index (χ0n) is 10.1. The quantitative estimate of drug-likeness (QED) is 0.674. The lowest BCUT2D eigenvalue weighted by Gasteiger charge is -2.08. The molecule has 0 amide bonds. The Labute approximate surface area is 126 Å². The van der Waals surface area contributed by atoms with Crippen molar-refractivity contribution in [3.8, 4) is 5.69 Å². The molecule has 1 aromatic heterocycles. The van der Waals surface area contributed by atoms with E-state index in [1.165, 1.54) is 10.6 Å². The second kappa shape index (κ2) is 4.96. The molecule has 1 heterocycles. The maximum atomic E-state index is 13.6. The molecule has 0 spiro atoms. The van der Waals surface area contributed by atoms with Crippen LogP contribution >= 0.6 is 28.1 Å². The van der Waals surface area contributed by atoms with Gasteiger partial charge >= 0.3 is 0 Å². The van der Waals surface area contributed by atoms with E-state index in [0.29, 0.717) is 21.1 Å². The van der Waals surface area contributed by atoms with Gasteiger partial charge in [0.05, 0.1) is 21.1 Å². The van der Waals surface area contributed by atoms with Gasteiger partial charge in [0.25, 0.3) is 5.56 Å². The third-order valence-electron chi connectivity index (χ3n) is 2.97. The molecule has 3 nitrogen and oxygen atoms in total. The van der Waals surface area contributed by atoms with E-state index in [-0.39, 0.29) is 10.3 Å². The second-order valence-electron chi connectivity index (χ2n) is 4.21. The maximum Gasteiger partial charge on any atom is 0.266 e. The number of benzene rings is 2. The first kappa shape index (κ1) is 13.2. The molecule has 2 aromatic carbocycles. The second-order valence-corrected chi connectivity index (χ2v) is 5.46. The van der Waals surface area contributed by atoms with Crippen LogP contribution in [0.15, 0.2) is 51.7 Å². The molecule has 3 rings (SSSR count). The molecule has 0 saturated carbocycles. The summed E-state index contributed by atoms with van der Waals surface area (Å²) in [6, 6.07) is 11.5. The standard InChI is InChI=1S/C14H8BrFN2OS/c15-10-6-5-8(7-11(10)16)18-13(19)9-3-1-2-4-12(9)17-14(18)20/h1-7H,(H,17,20). The molecule has 0 unspecified atom stereocenters. The maximum absolute atomic E-state index is 13.6. The predicted octanol–water partition coefficient (Wildman–Crippen LogP) is 3.95. The normalized spacial score (nSPS) is 10.9. The van der Waals surface area contributed by atoms with Crippen molar-refractivity contribution in [1.82, 2.24) is 9.55 Å². The molecule has 3 aromatic rings. The number of hydrogen-bond donors (Lipinski definition) is 1. The third kappa shape index (κ3) is 2.10. The molecular weight excluding hydrogens is 343 g/mol. The van der Waals surface area contributed by atoms with Crippen molar-refractivity contribution in [3.05, 3.63) is 67.9 Å². The summed E-state index contributed by atoms with van der Waals surface area (Å²) in [5.74, 6) is -0.447. The van der Waals surface area contributed by atoms with E-state index >= 15 is 0 Å². The van der Waals surface area contributed by atoms with E-state index < -0.39 is 5.82 Å². The van der Waals surface area contributed by atoms with Gasteiger partial charge in [0.15, 0.2) is 4.77 Å². The van der Waals surface area contributed by atoms with Gasteiger partial charge < -0.3 is 4.98 Å². The molecule has 0 fully saturated rings. The monoisotopic (exact) mass is 350 g/mol. The Hall–Kier alpha value is -1.79. The highest BCUT2D eigenvalue weighted by molar-refractivity contribution is 9.10.